The Morgan fingerprint density at radius 3 is 2.22 bits per heavy atom. The summed E-state index contributed by atoms with van der Waals surface area (Å²) >= 11 is 5.97. The van der Waals surface area contributed by atoms with Gasteiger partial charge in [0.25, 0.3) is 0 Å². The fourth-order valence-electron chi connectivity index (χ4n) is 0.917. The summed E-state index contributed by atoms with van der Waals surface area (Å²) in [5.74, 6) is 0.265. The monoisotopic (exact) mass is 146 g/mol. The summed E-state index contributed by atoms with van der Waals surface area (Å²) in [4.78, 5) is 10.6. The molecule has 0 aromatic rings. The summed E-state index contributed by atoms with van der Waals surface area (Å²) in [6, 6.07) is 0. The molecular weight excluding hydrogens is 136 g/mol. The third-order valence-electron chi connectivity index (χ3n) is 2.11. The number of Topliss-reactive ketones (excluding diaryl/α,β-unsaturated/α-hetero) is 1. The molecule has 0 aromatic carbocycles. The van der Waals surface area contributed by atoms with Gasteiger partial charge in [0.05, 0.1) is 4.87 Å². The van der Waals surface area contributed by atoms with Crippen LogP contribution in [0.3, 0.4) is 0 Å². The maximum absolute atomic E-state index is 10.7. The maximum atomic E-state index is 10.7. The van der Waals surface area contributed by atoms with E-state index in [1.54, 1.807) is 6.92 Å². The number of hydrogen-bond acceptors (Lipinski definition) is 1. The highest BCUT2D eigenvalue weighted by Gasteiger charge is 2.47. The topological polar surface area (TPSA) is 17.1 Å². The van der Waals surface area contributed by atoms with Crippen LogP contribution >= 0.6 is 11.6 Å². The largest absolute Gasteiger partial charge is 0.300 e. The van der Waals surface area contributed by atoms with Crippen molar-refractivity contribution >= 4 is 17.4 Å². The van der Waals surface area contributed by atoms with Gasteiger partial charge in [-0.15, -0.1) is 11.6 Å². The molecule has 0 aromatic heterocycles. The average molecular weight is 147 g/mol. The number of rotatable bonds is 2. The molecule has 0 bridgehead atoms. The Hall–Kier alpha value is -0.0400. The number of alkyl halides is 1. The second-order valence-corrected chi connectivity index (χ2v) is 3.62. The lowest BCUT2D eigenvalue weighted by atomic mass is 10.0. The number of halogens is 1. The van der Waals surface area contributed by atoms with Crippen molar-refractivity contribution < 1.29 is 4.79 Å². The molecule has 0 radical (unpaired) electrons. The van der Waals surface area contributed by atoms with Crippen molar-refractivity contribution in [3.8, 4) is 0 Å². The molecule has 1 rings (SSSR count). The Morgan fingerprint density at radius 2 is 2.11 bits per heavy atom. The van der Waals surface area contributed by atoms with Crippen molar-refractivity contribution in [2.45, 2.75) is 31.6 Å². The van der Waals surface area contributed by atoms with E-state index in [1.807, 2.05) is 6.92 Å². The lowest BCUT2D eigenvalue weighted by Crippen LogP contribution is -2.19. The highest BCUT2D eigenvalue weighted by molar-refractivity contribution is 6.27. The molecule has 0 saturated heterocycles. The third kappa shape index (κ3) is 1.26. The maximum Gasteiger partial charge on any atom is 0.134 e. The molecule has 52 valence electrons. The summed E-state index contributed by atoms with van der Waals surface area (Å²) in [5, 5.41) is 0. The van der Waals surface area contributed by atoms with Crippen LogP contribution in [0.1, 0.15) is 26.7 Å². The number of carbonyl (C=O) groups is 1. The zero-order valence-electron chi connectivity index (χ0n) is 5.78. The molecule has 0 spiro atoms. The van der Waals surface area contributed by atoms with Crippen LogP contribution in [0.5, 0.6) is 0 Å². The highest BCUT2D eigenvalue weighted by atomic mass is 35.5. The first kappa shape index (κ1) is 7.07. The van der Waals surface area contributed by atoms with Gasteiger partial charge in [-0.3, -0.25) is 4.79 Å². The molecule has 1 unspecified atom stereocenters. The molecule has 1 aliphatic carbocycles. The standard InChI is InChI=1S/C7H11ClO/c1-5(6(2)9)7(8)3-4-7/h5H,3-4H2,1-2H3. The predicted molar refractivity (Wildman–Crippen MR) is 37.7 cm³/mol. The summed E-state index contributed by atoms with van der Waals surface area (Å²) in [5.41, 5.74) is 0. The summed E-state index contributed by atoms with van der Waals surface area (Å²) in [6.07, 6.45) is 2.02. The van der Waals surface area contributed by atoms with Crippen LogP contribution < -0.4 is 0 Å². The van der Waals surface area contributed by atoms with Crippen LogP contribution in [0.2, 0.25) is 0 Å². The van der Waals surface area contributed by atoms with Crippen LogP contribution in [-0.4, -0.2) is 10.7 Å². The first-order valence-electron chi connectivity index (χ1n) is 3.25. The van der Waals surface area contributed by atoms with Crippen molar-refractivity contribution in [3.63, 3.8) is 0 Å². The molecule has 0 N–H and O–H groups in total. The summed E-state index contributed by atoms with van der Waals surface area (Å²) in [6.45, 7) is 3.51. The predicted octanol–water partition coefficient (Wildman–Crippen LogP) is 1.98. The molecule has 1 atom stereocenters. The van der Waals surface area contributed by atoms with Crippen LogP contribution in [-0.2, 0) is 4.79 Å². The van der Waals surface area contributed by atoms with Gasteiger partial charge in [-0.05, 0) is 19.8 Å². The normalized spacial score (nSPS) is 25.2. The second kappa shape index (κ2) is 1.98. The van der Waals surface area contributed by atoms with Crippen molar-refractivity contribution in [1.82, 2.24) is 0 Å². The molecule has 1 aliphatic rings. The second-order valence-electron chi connectivity index (χ2n) is 2.87. The smallest absolute Gasteiger partial charge is 0.134 e. The Kier molecular flexibility index (Phi) is 1.55. The Labute approximate surface area is 60.4 Å². The van der Waals surface area contributed by atoms with Gasteiger partial charge in [0, 0.05) is 5.92 Å². The minimum atomic E-state index is -0.147. The van der Waals surface area contributed by atoms with Gasteiger partial charge in [0.15, 0.2) is 0 Å². The minimum Gasteiger partial charge on any atom is -0.300 e. The lowest BCUT2D eigenvalue weighted by Gasteiger charge is -2.11. The van der Waals surface area contributed by atoms with Gasteiger partial charge in [-0.2, -0.15) is 0 Å². The first-order valence-corrected chi connectivity index (χ1v) is 3.63. The fraction of sp³-hybridized carbons (Fsp3) is 0.857. The number of ketones is 1. The van der Waals surface area contributed by atoms with Crippen LogP contribution in [0.25, 0.3) is 0 Å². The molecule has 0 heterocycles. The molecule has 1 fully saturated rings. The van der Waals surface area contributed by atoms with E-state index in [4.69, 9.17) is 11.6 Å². The summed E-state index contributed by atoms with van der Waals surface area (Å²) in [7, 11) is 0. The number of hydrogen-bond donors (Lipinski definition) is 0. The fourth-order valence-corrected chi connectivity index (χ4v) is 1.16. The third-order valence-corrected chi connectivity index (χ3v) is 2.82. The van der Waals surface area contributed by atoms with Gasteiger partial charge >= 0.3 is 0 Å². The van der Waals surface area contributed by atoms with E-state index in [9.17, 15) is 4.79 Å². The van der Waals surface area contributed by atoms with Crippen molar-refractivity contribution in [1.29, 1.82) is 0 Å². The van der Waals surface area contributed by atoms with E-state index in [-0.39, 0.29) is 16.6 Å². The molecular formula is C7H11ClO. The van der Waals surface area contributed by atoms with E-state index in [2.05, 4.69) is 0 Å². The Balaban J connectivity index is 2.52. The van der Waals surface area contributed by atoms with Crippen LogP contribution in [0.4, 0.5) is 0 Å². The average Bonchev–Trinajstić information content (AvgIpc) is 2.47. The van der Waals surface area contributed by atoms with E-state index < -0.39 is 0 Å². The van der Waals surface area contributed by atoms with Gasteiger partial charge in [0.2, 0.25) is 0 Å². The zero-order chi connectivity index (χ0) is 7.07. The molecule has 2 heteroatoms. The molecule has 0 amide bonds. The lowest BCUT2D eigenvalue weighted by molar-refractivity contribution is -0.120. The zero-order valence-corrected chi connectivity index (χ0v) is 6.53. The van der Waals surface area contributed by atoms with Crippen molar-refractivity contribution in [2.24, 2.45) is 5.92 Å². The first-order chi connectivity index (χ1) is 4.06. The van der Waals surface area contributed by atoms with Gasteiger partial charge in [0.1, 0.15) is 5.78 Å². The summed E-state index contributed by atoms with van der Waals surface area (Å²) < 4.78 is 0. The van der Waals surface area contributed by atoms with Crippen LogP contribution in [0, 0.1) is 5.92 Å². The molecule has 1 saturated carbocycles. The molecule has 0 aliphatic heterocycles. The van der Waals surface area contributed by atoms with Crippen molar-refractivity contribution in [2.75, 3.05) is 0 Å². The van der Waals surface area contributed by atoms with E-state index >= 15 is 0 Å². The molecule has 1 nitrogen and oxygen atoms in total. The minimum absolute atomic E-state index is 0.0548. The van der Waals surface area contributed by atoms with E-state index in [0.717, 1.165) is 12.8 Å². The Bertz CT molecular complexity index is 138. The van der Waals surface area contributed by atoms with Gasteiger partial charge in [-0.1, -0.05) is 6.92 Å². The van der Waals surface area contributed by atoms with E-state index in [1.165, 1.54) is 0 Å². The van der Waals surface area contributed by atoms with E-state index in [0.29, 0.717) is 0 Å². The Morgan fingerprint density at radius 1 is 1.67 bits per heavy atom. The van der Waals surface area contributed by atoms with Crippen LogP contribution in [0.15, 0.2) is 0 Å². The molecule has 9 heavy (non-hydrogen) atoms. The van der Waals surface area contributed by atoms with Gasteiger partial charge in [-0.25, -0.2) is 0 Å². The highest BCUT2D eigenvalue weighted by Crippen LogP contribution is 2.48. The SMILES string of the molecule is CC(=O)C(C)C1(Cl)CC1. The van der Waals surface area contributed by atoms with Gasteiger partial charge < -0.3 is 0 Å². The number of carbonyl (C=O) groups excluding carboxylic acids is 1. The quantitative estimate of drug-likeness (QED) is 0.545. The van der Waals surface area contributed by atoms with Crippen molar-refractivity contribution in [3.05, 3.63) is 0 Å².